The lowest BCUT2D eigenvalue weighted by Crippen LogP contribution is -2.27. The van der Waals surface area contributed by atoms with Gasteiger partial charge in [0.1, 0.15) is 5.50 Å². The van der Waals surface area contributed by atoms with Gasteiger partial charge in [0.25, 0.3) is 5.70 Å². The van der Waals surface area contributed by atoms with E-state index in [4.69, 9.17) is 16.3 Å². The molecule has 4 rings (SSSR count). The van der Waals surface area contributed by atoms with Crippen LogP contribution in [-0.2, 0) is 11.3 Å². The van der Waals surface area contributed by atoms with Crippen LogP contribution in [0, 0.1) is 10.1 Å². The molecule has 1 aromatic heterocycles. The Hall–Kier alpha value is -2.38. The molecule has 26 heavy (non-hydrogen) atoms. The van der Waals surface area contributed by atoms with Crippen LogP contribution in [0.15, 0.2) is 48.4 Å². The number of halogens is 1. The largest absolute Gasteiger partial charge is 0.356 e. The van der Waals surface area contributed by atoms with Gasteiger partial charge in [0.05, 0.1) is 22.8 Å². The van der Waals surface area contributed by atoms with Crippen LogP contribution in [0.1, 0.15) is 31.1 Å². The molecule has 0 amide bonds. The first-order valence-electron chi connectivity index (χ1n) is 8.64. The number of alkyl halides is 1. The van der Waals surface area contributed by atoms with E-state index >= 15 is 0 Å². The summed E-state index contributed by atoms with van der Waals surface area (Å²) in [7, 11) is 0. The molecular formula is C18H19ClN4O3. The second kappa shape index (κ2) is 7.09. The highest BCUT2D eigenvalue weighted by Crippen LogP contribution is 2.29. The minimum Gasteiger partial charge on any atom is -0.356 e. The number of benzene rings is 1. The summed E-state index contributed by atoms with van der Waals surface area (Å²) in [6, 6.07) is 5.99. The summed E-state index contributed by atoms with van der Waals surface area (Å²) in [4.78, 5) is 12.4. The van der Waals surface area contributed by atoms with Gasteiger partial charge in [-0.1, -0.05) is 23.7 Å². The van der Waals surface area contributed by atoms with Gasteiger partial charge in [-0.2, -0.15) is 5.10 Å². The van der Waals surface area contributed by atoms with Crippen LogP contribution in [0.2, 0.25) is 0 Å². The first-order valence-corrected chi connectivity index (χ1v) is 9.08. The number of rotatable bonds is 4. The third-order valence-corrected chi connectivity index (χ3v) is 5.16. The van der Waals surface area contributed by atoms with Crippen molar-refractivity contribution in [2.24, 2.45) is 0 Å². The number of aromatic nitrogens is 2. The molecule has 2 aromatic rings. The average Bonchev–Trinajstić information content (AvgIpc) is 3.09. The Bertz CT molecular complexity index is 886. The standard InChI is InChI=1S/C18H19ClN4O3/c19-17-8-7-14(23(24)25)12-21(17)11-13-4-3-5-16-15(13)10-20-22(16)18-6-1-2-9-26-18/h3-5,7-8,10,12,17-18H,1-2,6,9,11H2. The molecule has 2 atom stereocenters. The molecule has 1 saturated heterocycles. The number of allylic oxidation sites excluding steroid dienone is 1. The summed E-state index contributed by atoms with van der Waals surface area (Å²) < 4.78 is 7.79. The van der Waals surface area contributed by atoms with Crippen molar-refractivity contribution < 1.29 is 9.66 Å². The van der Waals surface area contributed by atoms with Crippen LogP contribution in [0.5, 0.6) is 0 Å². The molecule has 0 bridgehead atoms. The summed E-state index contributed by atoms with van der Waals surface area (Å²) in [6.45, 7) is 1.22. The summed E-state index contributed by atoms with van der Waals surface area (Å²) in [5, 5.41) is 16.6. The quantitative estimate of drug-likeness (QED) is 0.352. The minimum atomic E-state index is -0.425. The Kier molecular flexibility index (Phi) is 4.65. The second-order valence-electron chi connectivity index (χ2n) is 6.48. The fourth-order valence-electron chi connectivity index (χ4n) is 3.42. The van der Waals surface area contributed by atoms with Crippen molar-refractivity contribution in [3.05, 3.63) is 64.1 Å². The smallest absolute Gasteiger partial charge is 0.284 e. The number of nitrogens with zero attached hydrogens (tertiary/aromatic N) is 4. The summed E-state index contributed by atoms with van der Waals surface area (Å²) in [5.41, 5.74) is 1.63. The molecule has 1 fully saturated rings. The van der Waals surface area contributed by atoms with E-state index in [1.165, 1.54) is 12.3 Å². The van der Waals surface area contributed by atoms with E-state index < -0.39 is 10.4 Å². The van der Waals surface area contributed by atoms with Crippen molar-refractivity contribution >= 4 is 22.5 Å². The first-order chi connectivity index (χ1) is 12.6. The Balaban J connectivity index is 1.64. The van der Waals surface area contributed by atoms with Crippen molar-refractivity contribution in [2.45, 2.75) is 37.5 Å². The van der Waals surface area contributed by atoms with Crippen molar-refractivity contribution in [1.82, 2.24) is 14.7 Å². The highest BCUT2D eigenvalue weighted by molar-refractivity contribution is 6.21. The molecule has 0 spiro atoms. The molecule has 0 radical (unpaired) electrons. The second-order valence-corrected chi connectivity index (χ2v) is 6.92. The zero-order valence-electron chi connectivity index (χ0n) is 14.1. The van der Waals surface area contributed by atoms with Crippen LogP contribution in [0.25, 0.3) is 10.9 Å². The van der Waals surface area contributed by atoms with Crippen LogP contribution in [0.4, 0.5) is 0 Å². The molecule has 2 aliphatic rings. The normalized spacial score (nSPS) is 23.3. The summed E-state index contributed by atoms with van der Waals surface area (Å²) in [5.74, 6) is 0. The maximum atomic E-state index is 11.0. The van der Waals surface area contributed by atoms with Crippen molar-refractivity contribution in [3.8, 4) is 0 Å². The van der Waals surface area contributed by atoms with Crippen molar-refractivity contribution in [3.63, 3.8) is 0 Å². The lowest BCUT2D eigenvalue weighted by Gasteiger charge is -2.26. The van der Waals surface area contributed by atoms with Crippen molar-refractivity contribution in [1.29, 1.82) is 0 Å². The molecule has 2 aliphatic heterocycles. The molecule has 136 valence electrons. The van der Waals surface area contributed by atoms with Crippen LogP contribution in [0.3, 0.4) is 0 Å². The van der Waals surface area contributed by atoms with Crippen LogP contribution >= 0.6 is 11.6 Å². The third-order valence-electron chi connectivity index (χ3n) is 4.76. The van der Waals surface area contributed by atoms with Crippen LogP contribution < -0.4 is 0 Å². The number of hydrogen-bond donors (Lipinski definition) is 0. The van der Waals surface area contributed by atoms with E-state index in [-0.39, 0.29) is 11.9 Å². The fourth-order valence-corrected chi connectivity index (χ4v) is 3.62. The van der Waals surface area contributed by atoms with E-state index in [2.05, 4.69) is 5.10 Å². The molecule has 7 nitrogen and oxygen atoms in total. The maximum absolute atomic E-state index is 11.0. The first kappa shape index (κ1) is 17.1. The lowest BCUT2D eigenvalue weighted by molar-refractivity contribution is -0.420. The highest BCUT2D eigenvalue weighted by Gasteiger charge is 2.23. The molecule has 3 heterocycles. The molecule has 0 aliphatic carbocycles. The van der Waals surface area contributed by atoms with Gasteiger partial charge in [-0.05, 0) is 37.0 Å². The third kappa shape index (κ3) is 3.20. The average molecular weight is 375 g/mol. The molecule has 0 N–H and O–H groups in total. The van der Waals surface area contributed by atoms with E-state index in [0.29, 0.717) is 6.54 Å². The molecule has 8 heteroatoms. The van der Waals surface area contributed by atoms with Crippen molar-refractivity contribution in [2.75, 3.05) is 6.61 Å². The van der Waals surface area contributed by atoms with Gasteiger partial charge in [0.2, 0.25) is 0 Å². The topological polar surface area (TPSA) is 73.4 Å². The Morgan fingerprint density at radius 1 is 1.38 bits per heavy atom. The summed E-state index contributed by atoms with van der Waals surface area (Å²) >= 11 is 6.31. The van der Waals surface area contributed by atoms with Gasteiger partial charge in [0, 0.05) is 24.6 Å². The number of ether oxygens (including phenoxy) is 1. The SMILES string of the molecule is O=[N+]([O-])C1=CN(Cc2cccc3c2cnn3C2CCCCO2)C(Cl)C=C1. The zero-order valence-corrected chi connectivity index (χ0v) is 14.9. The number of fused-ring (bicyclic) bond motifs is 1. The number of nitro groups is 1. The summed E-state index contributed by atoms with van der Waals surface area (Å²) in [6.07, 6.45) is 9.54. The fraction of sp³-hybridized carbons (Fsp3) is 0.389. The Morgan fingerprint density at radius 3 is 3.04 bits per heavy atom. The van der Waals surface area contributed by atoms with E-state index in [1.807, 2.05) is 29.1 Å². The Labute approximate surface area is 155 Å². The van der Waals surface area contributed by atoms with E-state index in [0.717, 1.165) is 42.3 Å². The molecule has 1 aromatic carbocycles. The maximum Gasteiger partial charge on any atom is 0.284 e. The zero-order chi connectivity index (χ0) is 18.1. The van der Waals surface area contributed by atoms with E-state index in [9.17, 15) is 10.1 Å². The van der Waals surface area contributed by atoms with Gasteiger partial charge in [0.15, 0.2) is 6.23 Å². The van der Waals surface area contributed by atoms with Gasteiger partial charge in [-0.15, -0.1) is 0 Å². The van der Waals surface area contributed by atoms with Gasteiger partial charge >= 0.3 is 0 Å². The monoisotopic (exact) mass is 374 g/mol. The predicted octanol–water partition coefficient (Wildman–Crippen LogP) is 3.79. The predicted molar refractivity (Wildman–Crippen MR) is 98.0 cm³/mol. The Morgan fingerprint density at radius 2 is 2.27 bits per heavy atom. The van der Waals surface area contributed by atoms with Gasteiger partial charge in [-0.3, -0.25) is 10.1 Å². The lowest BCUT2D eigenvalue weighted by atomic mass is 10.1. The van der Waals surface area contributed by atoms with Gasteiger partial charge < -0.3 is 9.64 Å². The van der Waals surface area contributed by atoms with Gasteiger partial charge in [-0.25, -0.2) is 4.68 Å². The minimum absolute atomic E-state index is 0.0281. The highest BCUT2D eigenvalue weighted by atomic mass is 35.5. The van der Waals surface area contributed by atoms with E-state index in [1.54, 1.807) is 11.0 Å². The van der Waals surface area contributed by atoms with Crippen LogP contribution in [-0.4, -0.2) is 31.7 Å². The molecule has 0 saturated carbocycles. The molecular weight excluding hydrogens is 356 g/mol. The molecule has 2 unspecified atom stereocenters. The number of hydrogen-bond acceptors (Lipinski definition) is 5.